The Morgan fingerprint density at radius 1 is 0.682 bits per heavy atom. The second kappa shape index (κ2) is 4.51. The van der Waals surface area contributed by atoms with Crippen molar-refractivity contribution in [1.82, 2.24) is 9.80 Å². The molecule has 4 heterocycles. The first kappa shape index (κ1) is 12.1. The molecule has 0 bridgehead atoms. The molecule has 0 atom stereocenters. The molecular weight excluding hydrogens is 268 g/mol. The van der Waals surface area contributed by atoms with E-state index >= 15 is 0 Å². The predicted octanol–water partition coefficient (Wildman–Crippen LogP) is 1.79. The summed E-state index contributed by atoms with van der Waals surface area (Å²) >= 11 is 0. The Balaban J connectivity index is 1.71. The van der Waals surface area contributed by atoms with Crippen molar-refractivity contribution in [2.24, 2.45) is 0 Å². The van der Waals surface area contributed by atoms with Crippen LogP contribution in [0.2, 0.25) is 0 Å². The van der Waals surface area contributed by atoms with Gasteiger partial charge in [-0.3, -0.25) is 0 Å². The highest BCUT2D eigenvalue weighted by atomic mass is 15.1. The van der Waals surface area contributed by atoms with Gasteiger partial charge in [0, 0.05) is 37.6 Å². The van der Waals surface area contributed by atoms with Crippen LogP contribution in [-0.2, 0) is 13.1 Å². The largest absolute Gasteiger partial charge is 0.363 e. The fraction of sp³-hybridized carbons (Fsp3) is 0.200. The average molecular weight is 286 g/mol. The molecule has 0 N–H and O–H groups in total. The van der Waals surface area contributed by atoms with Crippen LogP contribution in [0.25, 0.3) is 12.2 Å². The van der Waals surface area contributed by atoms with E-state index < -0.39 is 0 Å². The molecule has 0 saturated carbocycles. The van der Waals surface area contributed by atoms with Crippen LogP contribution in [-0.4, -0.2) is 22.9 Å². The highest BCUT2D eigenvalue weighted by Gasteiger charge is 2.22. The minimum absolute atomic E-state index is 1.02. The zero-order valence-corrected chi connectivity index (χ0v) is 12.5. The summed E-state index contributed by atoms with van der Waals surface area (Å²) in [5.74, 6) is 0. The van der Waals surface area contributed by atoms with Crippen LogP contribution in [0.15, 0.2) is 60.0 Å². The number of allylic oxidation sites excluding steroid dienone is 6. The van der Waals surface area contributed by atoms with E-state index in [-0.39, 0.29) is 0 Å². The summed E-state index contributed by atoms with van der Waals surface area (Å²) in [6.45, 7) is 4.10. The first-order valence-electron chi connectivity index (χ1n) is 7.96. The van der Waals surface area contributed by atoms with Crippen molar-refractivity contribution in [2.45, 2.75) is 13.1 Å². The Morgan fingerprint density at radius 3 is 1.68 bits per heavy atom. The maximum absolute atomic E-state index is 2.46. The molecule has 0 aliphatic carbocycles. The van der Waals surface area contributed by atoms with E-state index in [1.807, 2.05) is 0 Å². The average Bonchev–Trinajstić information content (AvgIpc) is 2.58. The highest BCUT2D eigenvalue weighted by molar-refractivity contribution is 5.58. The monoisotopic (exact) mass is 286 g/mol. The van der Waals surface area contributed by atoms with Crippen LogP contribution in [0, 0.1) is 0 Å². The number of nitrogens with zero attached hydrogens (tertiary/aromatic N) is 2. The van der Waals surface area contributed by atoms with Crippen molar-refractivity contribution in [1.29, 1.82) is 0 Å². The Morgan fingerprint density at radius 2 is 1.18 bits per heavy atom. The lowest BCUT2D eigenvalue weighted by molar-refractivity contribution is 0.357. The number of hydrogen-bond donors (Lipinski definition) is 0. The predicted molar refractivity (Wildman–Crippen MR) is 89.9 cm³/mol. The van der Waals surface area contributed by atoms with E-state index in [1.54, 1.807) is 0 Å². The molecule has 2 heteroatoms. The van der Waals surface area contributed by atoms with Crippen LogP contribution >= 0.6 is 0 Å². The minimum atomic E-state index is 1.02. The third kappa shape index (κ3) is 1.73. The van der Waals surface area contributed by atoms with Gasteiger partial charge in [0.1, 0.15) is 0 Å². The van der Waals surface area contributed by atoms with Crippen molar-refractivity contribution >= 4 is 12.2 Å². The van der Waals surface area contributed by atoms with Crippen LogP contribution in [0.1, 0.15) is 11.1 Å². The quantitative estimate of drug-likeness (QED) is 0.717. The second-order valence-corrected chi connectivity index (χ2v) is 6.29. The SMILES string of the molecule is C1=CCN2Cc3c4c(ccc3=CC2=C1)=CC1=CC=CCN1C4. The van der Waals surface area contributed by atoms with Crippen molar-refractivity contribution in [3.05, 3.63) is 81.5 Å². The molecule has 1 aromatic carbocycles. The number of hydrogen-bond acceptors (Lipinski definition) is 2. The van der Waals surface area contributed by atoms with Gasteiger partial charge in [0.2, 0.25) is 0 Å². The lowest BCUT2D eigenvalue weighted by Crippen LogP contribution is -2.39. The maximum atomic E-state index is 2.46. The normalized spacial score (nSPS) is 20.7. The van der Waals surface area contributed by atoms with Crippen LogP contribution in [0.3, 0.4) is 0 Å². The lowest BCUT2D eigenvalue weighted by atomic mass is 9.94. The summed E-state index contributed by atoms with van der Waals surface area (Å²) in [4.78, 5) is 4.92. The van der Waals surface area contributed by atoms with E-state index in [0.29, 0.717) is 0 Å². The van der Waals surface area contributed by atoms with E-state index in [1.165, 1.54) is 33.0 Å². The van der Waals surface area contributed by atoms with Gasteiger partial charge in [-0.1, -0.05) is 36.4 Å². The van der Waals surface area contributed by atoms with Crippen molar-refractivity contribution in [3.63, 3.8) is 0 Å². The second-order valence-electron chi connectivity index (χ2n) is 6.29. The molecule has 0 radical (unpaired) electrons. The molecule has 108 valence electrons. The Kier molecular flexibility index (Phi) is 2.48. The van der Waals surface area contributed by atoms with Gasteiger partial charge < -0.3 is 9.80 Å². The summed E-state index contributed by atoms with van der Waals surface area (Å²) < 4.78 is 0. The Hall–Kier alpha value is -2.48. The third-order valence-corrected chi connectivity index (χ3v) is 5.00. The van der Waals surface area contributed by atoms with Crippen molar-refractivity contribution < 1.29 is 0 Å². The Labute approximate surface area is 130 Å². The van der Waals surface area contributed by atoms with E-state index in [2.05, 4.69) is 70.5 Å². The smallest absolute Gasteiger partial charge is 0.0442 e. The number of fused-ring (bicyclic) bond motifs is 5. The van der Waals surface area contributed by atoms with E-state index in [4.69, 9.17) is 0 Å². The summed E-state index contributed by atoms with van der Waals surface area (Å²) in [6.07, 6.45) is 17.9. The van der Waals surface area contributed by atoms with E-state index in [9.17, 15) is 0 Å². The molecule has 22 heavy (non-hydrogen) atoms. The number of benzene rings is 1. The van der Waals surface area contributed by atoms with Crippen LogP contribution < -0.4 is 10.4 Å². The molecule has 0 unspecified atom stereocenters. The molecule has 0 amide bonds. The summed E-state index contributed by atoms with van der Waals surface area (Å²) in [6, 6.07) is 4.58. The van der Waals surface area contributed by atoms with Gasteiger partial charge in [0.15, 0.2) is 0 Å². The van der Waals surface area contributed by atoms with Gasteiger partial charge in [-0.2, -0.15) is 0 Å². The highest BCUT2D eigenvalue weighted by Crippen LogP contribution is 2.23. The fourth-order valence-electron chi connectivity index (χ4n) is 3.80. The molecule has 0 spiro atoms. The zero-order valence-electron chi connectivity index (χ0n) is 12.5. The Bertz CT molecular complexity index is 821. The first-order chi connectivity index (χ1) is 10.9. The molecule has 0 aromatic heterocycles. The van der Waals surface area contributed by atoms with Crippen molar-refractivity contribution in [3.8, 4) is 0 Å². The van der Waals surface area contributed by atoms with Gasteiger partial charge in [-0.25, -0.2) is 0 Å². The summed E-state index contributed by atoms with van der Waals surface area (Å²) in [7, 11) is 0. The fourth-order valence-corrected chi connectivity index (χ4v) is 3.80. The van der Waals surface area contributed by atoms with Gasteiger partial charge in [0.25, 0.3) is 0 Å². The van der Waals surface area contributed by atoms with E-state index in [0.717, 1.165) is 26.2 Å². The molecular formula is C20H18N2. The summed E-state index contributed by atoms with van der Waals surface area (Å²) in [5, 5.41) is 2.79. The van der Waals surface area contributed by atoms with Gasteiger partial charge in [-0.15, -0.1) is 0 Å². The van der Waals surface area contributed by atoms with Crippen molar-refractivity contribution in [2.75, 3.05) is 13.1 Å². The number of rotatable bonds is 0. The molecule has 2 nitrogen and oxygen atoms in total. The van der Waals surface area contributed by atoms with Gasteiger partial charge in [-0.05, 0) is 45.9 Å². The molecule has 1 aromatic rings. The molecule has 0 fully saturated rings. The first-order valence-corrected chi connectivity index (χ1v) is 7.96. The maximum Gasteiger partial charge on any atom is 0.0442 e. The topological polar surface area (TPSA) is 6.48 Å². The van der Waals surface area contributed by atoms with Crippen LogP contribution in [0.4, 0.5) is 0 Å². The van der Waals surface area contributed by atoms with Gasteiger partial charge >= 0.3 is 0 Å². The van der Waals surface area contributed by atoms with Gasteiger partial charge in [0.05, 0.1) is 0 Å². The zero-order chi connectivity index (χ0) is 14.5. The minimum Gasteiger partial charge on any atom is -0.363 e. The molecule has 5 rings (SSSR count). The van der Waals surface area contributed by atoms with Crippen LogP contribution in [0.5, 0.6) is 0 Å². The molecule has 4 aliphatic rings. The summed E-state index contributed by atoms with van der Waals surface area (Å²) in [5.41, 5.74) is 5.71. The third-order valence-electron chi connectivity index (χ3n) is 5.00. The molecule has 4 aliphatic heterocycles. The lowest BCUT2D eigenvalue weighted by Gasteiger charge is -2.35. The molecule has 0 saturated heterocycles. The standard InChI is InChI=1S/C20H18N2/c1-3-9-21-13-19-15(11-17(21)5-1)7-8-16-12-18-6-2-4-10-22(18)14-20(16)19/h1-8,11-12H,9-10,13-14H2.